The summed E-state index contributed by atoms with van der Waals surface area (Å²) < 4.78 is 59.2. The molecule has 1 spiro atoms. The van der Waals surface area contributed by atoms with Gasteiger partial charge in [0.05, 0.1) is 23.8 Å². The summed E-state index contributed by atoms with van der Waals surface area (Å²) in [4.78, 5) is 11.8. The van der Waals surface area contributed by atoms with E-state index in [2.05, 4.69) is 10.6 Å². The van der Waals surface area contributed by atoms with Crippen LogP contribution in [-0.4, -0.2) is 25.6 Å². The summed E-state index contributed by atoms with van der Waals surface area (Å²) in [6.45, 7) is 2.20. The van der Waals surface area contributed by atoms with Gasteiger partial charge < -0.3 is 15.4 Å². The van der Waals surface area contributed by atoms with E-state index in [0.717, 1.165) is 30.5 Å². The van der Waals surface area contributed by atoms with Crippen molar-refractivity contribution in [2.75, 3.05) is 19.7 Å². The van der Waals surface area contributed by atoms with Crippen LogP contribution in [0.5, 0.6) is 0 Å². The molecule has 4 nitrogen and oxygen atoms in total. The van der Waals surface area contributed by atoms with Crippen LogP contribution in [0.25, 0.3) is 0 Å². The molecule has 2 N–H and O–H groups in total. The van der Waals surface area contributed by atoms with Crippen LogP contribution in [0.15, 0.2) is 48.5 Å². The third-order valence-corrected chi connectivity index (χ3v) is 6.95. The highest BCUT2D eigenvalue weighted by Crippen LogP contribution is 2.42. The standard InChI is InChI=1S/C25H28F4N2O2/c1-17(19-9-18(13-26)10-21(11-19)25(27,28)29)33-16-24(20-5-3-2-4-6-20)8-7-23(15-31-24)12-22(32)30-14-23/h2-6,9-11,17,31H,7-8,12-16H2,1H3,(H,30,32)/t17?,23-,24+/m0/s1. The smallest absolute Gasteiger partial charge is 0.372 e. The van der Waals surface area contributed by atoms with E-state index in [1.54, 1.807) is 6.92 Å². The third kappa shape index (κ3) is 5.06. The lowest BCUT2D eigenvalue weighted by Gasteiger charge is -2.46. The van der Waals surface area contributed by atoms with Crippen molar-refractivity contribution in [3.8, 4) is 0 Å². The van der Waals surface area contributed by atoms with Crippen molar-refractivity contribution in [3.63, 3.8) is 0 Å². The van der Waals surface area contributed by atoms with E-state index >= 15 is 0 Å². The van der Waals surface area contributed by atoms with E-state index < -0.39 is 30.1 Å². The van der Waals surface area contributed by atoms with Gasteiger partial charge in [-0.05, 0) is 48.6 Å². The Morgan fingerprint density at radius 1 is 1.09 bits per heavy atom. The molecule has 0 radical (unpaired) electrons. The van der Waals surface area contributed by atoms with Crippen molar-refractivity contribution in [3.05, 3.63) is 70.8 Å². The number of hydrogen-bond acceptors (Lipinski definition) is 3. The number of carbonyl (C=O) groups excluding carboxylic acids is 1. The quantitative estimate of drug-likeness (QED) is 0.589. The maximum Gasteiger partial charge on any atom is 0.416 e. The van der Waals surface area contributed by atoms with Gasteiger partial charge in [0.1, 0.15) is 6.67 Å². The van der Waals surface area contributed by atoms with Crippen molar-refractivity contribution in [2.45, 2.75) is 50.7 Å². The Morgan fingerprint density at radius 3 is 2.42 bits per heavy atom. The van der Waals surface area contributed by atoms with E-state index in [4.69, 9.17) is 4.74 Å². The fraction of sp³-hybridized carbons (Fsp3) is 0.480. The molecule has 0 aliphatic carbocycles. The van der Waals surface area contributed by atoms with Crippen LogP contribution in [-0.2, 0) is 27.9 Å². The predicted molar refractivity (Wildman–Crippen MR) is 116 cm³/mol. The minimum atomic E-state index is -4.56. The minimum Gasteiger partial charge on any atom is -0.372 e. The lowest BCUT2D eigenvalue weighted by Crippen LogP contribution is -2.56. The summed E-state index contributed by atoms with van der Waals surface area (Å²) in [5.74, 6) is 0.0575. The first-order valence-corrected chi connectivity index (χ1v) is 11.1. The number of carbonyl (C=O) groups is 1. The molecule has 0 aromatic heterocycles. The van der Waals surface area contributed by atoms with Gasteiger partial charge in [-0.3, -0.25) is 4.79 Å². The molecule has 8 heteroatoms. The van der Waals surface area contributed by atoms with Crippen molar-refractivity contribution < 1.29 is 27.1 Å². The zero-order valence-electron chi connectivity index (χ0n) is 18.5. The Labute approximate surface area is 190 Å². The molecule has 2 aromatic carbocycles. The van der Waals surface area contributed by atoms with Gasteiger partial charge in [-0.2, -0.15) is 13.2 Å². The molecule has 2 aliphatic rings. The van der Waals surface area contributed by atoms with Crippen molar-refractivity contribution in [2.24, 2.45) is 5.41 Å². The molecule has 4 rings (SSSR count). The fourth-order valence-electron chi connectivity index (χ4n) is 4.83. The summed E-state index contributed by atoms with van der Waals surface area (Å²) >= 11 is 0. The number of nitrogens with one attached hydrogen (secondary N) is 2. The Morgan fingerprint density at radius 2 is 1.85 bits per heavy atom. The largest absolute Gasteiger partial charge is 0.416 e. The molecule has 2 aromatic rings. The zero-order chi connectivity index (χ0) is 23.7. The molecule has 1 unspecified atom stereocenters. The van der Waals surface area contributed by atoms with Gasteiger partial charge in [0, 0.05) is 24.9 Å². The maximum atomic E-state index is 13.3. The van der Waals surface area contributed by atoms with Gasteiger partial charge >= 0.3 is 6.18 Å². The second kappa shape index (κ2) is 9.06. The average molecular weight is 465 g/mol. The van der Waals surface area contributed by atoms with Crippen LogP contribution < -0.4 is 10.6 Å². The Hall–Kier alpha value is -2.45. The summed E-state index contributed by atoms with van der Waals surface area (Å²) in [5.41, 5.74) is -0.243. The lowest BCUT2D eigenvalue weighted by atomic mass is 9.71. The third-order valence-electron chi connectivity index (χ3n) is 6.95. The summed E-state index contributed by atoms with van der Waals surface area (Å²) in [6, 6.07) is 13.1. The number of halogens is 4. The van der Waals surface area contributed by atoms with E-state index in [0.29, 0.717) is 25.1 Å². The number of ether oxygens (including phenoxy) is 1. The number of hydrogen-bond donors (Lipinski definition) is 2. The second-order valence-electron chi connectivity index (χ2n) is 9.30. The molecular formula is C25H28F4N2O2. The number of piperidine rings is 1. The number of amides is 1. The highest BCUT2D eigenvalue weighted by molar-refractivity contribution is 5.79. The first-order valence-electron chi connectivity index (χ1n) is 11.1. The van der Waals surface area contributed by atoms with Crippen LogP contribution in [0, 0.1) is 5.41 Å². The Kier molecular flexibility index (Phi) is 6.51. The van der Waals surface area contributed by atoms with Gasteiger partial charge in [0.25, 0.3) is 0 Å². The zero-order valence-corrected chi connectivity index (χ0v) is 18.5. The van der Waals surface area contributed by atoms with E-state index in [-0.39, 0.29) is 23.5 Å². The van der Waals surface area contributed by atoms with Crippen LogP contribution in [0.3, 0.4) is 0 Å². The normalized spacial score (nSPS) is 26.4. The summed E-state index contributed by atoms with van der Waals surface area (Å²) in [6.07, 6.45) is -3.20. The maximum absolute atomic E-state index is 13.3. The molecule has 2 heterocycles. The van der Waals surface area contributed by atoms with E-state index in [9.17, 15) is 22.4 Å². The molecular weight excluding hydrogens is 436 g/mol. The number of benzene rings is 2. The monoisotopic (exact) mass is 464 g/mol. The SMILES string of the molecule is CC(OC[C@@]1(c2ccccc2)CC[C@]2(CNC(=O)C2)CN1)c1cc(CF)cc(C(F)(F)F)c1. The van der Waals surface area contributed by atoms with Crippen molar-refractivity contribution >= 4 is 5.91 Å². The first kappa shape index (κ1) is 23.7. The Bertz CT molecular complexity index is 986. The van der Waals surface area contributed by atoms with Gasteiger partial charge in [-0.1, -0.05) is 36.4 Å². The molecule has 2 saturated heterocycles. The van der Waals surface area contributed by atoms with Gasteiger partial charge in [0.2, 0.25) is 5.91 Å². The van der Waals surface area contributed by atoms with E-state index in [1.807, 2.05) is 30.3 Å². The Balaban J connectivity index is 1.54. The molecule has 178 valence electrons. The highest BCUT2D eigenvalue weighted by atomic mass is 19.4. The van der Waals surface area contributed by atoms with E-state index in [1.165, 1.54) is 6.07 Å². The van der Waals surface area contributed by atoms with Gasteiger partial charge in [-0.15, -0.1) is 0 Å². The minimum absolute atomic E-state index is 0.0239. The number of rotatable bonds is 6. The fourth-order valence-corrected chi connectivity index (χ4v) is 4.83. The van der Waals surface area contributed by atoms with Gasteiger partial charge in [0.15, 0.2) is 0 Å². The van der Waals surface area contributed by atoms with Crippen molar-refractivity contribution in [1.82, 2.24) is 10.6 Å². The summed E-state index contributed by atoms with van der Waals surface area (Å²) in [5, 5.41) is 6.52. The average Bonchev–Trinajstić information content (AvgIpc) is 3.18. The highest BCUT2D eigenvalue weighted by Gasteiger charge is 2.47. The molecule has 2 aliphatic heterocycles. The van der Waals surface area contributed by atoms with Gasteiger partial charge in [-0.25, -0.2) is 4.39 Å². The molecule has 3 atom stereocenters. The van der Waals surface area contributed by atoms with Crippen LogP contribution >= 0.6 is 0 Å². The topological polar surface area (TPSA) is 50.4 Å². The van der Waals surface area contributed by atoms with Crippen LogP contribution in [0.1, 0.15) is 54.5 Å². The lowest BCUT2D eigenvalue weighted by molar-refractivity contribution is -0.137. The molecule has 33 heavy (non-hydrogen) atoms. The van der Waals surface area contributed by atoms with Crippen molar-refractivity contribution in [1.29, 1.82) is 0 Å². The molecule has 0 bridgehead atoms. The summed E-state index contributed by atoms with van der Waals surface area (Å²) in [7, 11) is 0. The predicted octanol–water partition coefficient (Wildman–Crippen LogP) is 5.04. The number of alkyl halides is 4. The molecule has 2 fully saturated rings. The molecule has 1 amide bonds. The first-order chi connectivity index (χ1) is 15.6. The van der Waals surface area contributed by atoms with Crippen LogP contribution in [0.4, 0.5) is 17.6 Å². The van der Waals surface area contributed by atoms with Crippen LogP contribution in [0.2, 0.25) is 0 Å². The molecule has 0 saturated carbocycles. The second-order valence-corrected chi connectivity index (χ2v) is 9.30.